The third-order valence-corrected chi connectivity index (χ3v) is 5.97. The van der Waals surface area contributed by atoms with E-state index in [1.165, 1.54) is 0 Å². The average molecular weight is 499 g/mol. The van der Waals surface area contributed by atoms with E-state index in [9.17, 15) is 4.79 Å². The van der Waals surface area contributed by atoms with E-state index in [1.54, 1.807) is 0 Å². The first kappa shape index (κ1) is 22.5. The molecule has 1 fully saturated rings. The summed E-state index contributed by atoms with van der Waals surface area (Å²) in [5.41, 5.74) is 0.908. The molecule has 1 saturated heterocycles. The van der Waals surface area contributed by atoms with Crippen molar-refractivity contribution in [1.82, 2.24) is 20.4 Å². The third-order valence-electron chi connectivity index (χ3n) is 5.44. The van der Waals surface area contributed by atoms with Crippen LogP contribution in [0.4, 0.5) is 0 Å². The Morgan fingerprint density at radius 2 is 2.03 bits per heavy atom. The number of benzene rings is 2. The Kier molecular flexibility index (Phi) is 7.55. The number of piperidine rings is 1. The summed E-state index contributed by atoms with van der Waals surface area (Å²) in [6, 6.07) is 17.4. The molecule has 2 unspecified atom stereocenters. The van der Waals surface area contributed by atoms with E-state index in [0.29, 0.717) is 31.4 Å². The number of para-hydroxylation sites is 1. The number of carbonyl (C=O) groups is 1. The van der Waals surface area contributed by atoms with Gasteiger partial charge in [0, 0.05) is 16.6 Å². The highest BCUT2D eigenvalue weighted by atomic mass is 79.9. The third kappa shape index (κ3) is 6.17. The van der Waals surface area contributed by atoms with Gasteiger partial charge in [-0.25, -0.2) is 0 Å². The molecular formula is C24H27BrN4O3. The van der Waals surface area contributed by atoms with Gasteiger partial charge in [0.2, 0.25) is 17.6 Å². The minimum Gasteiger partial charge on any atom is -0.491 e. The van der Waals surface area contributed by atoms with Crippen LogP contribution < -0.4 is 10.1 Å². The lowest BCUT2D eigenvalue weighted by atomic mass is 9.97. The van der Waals surface area contributed by atoms with Crippen LogP contribution in [0, 0.1) is 5.92 Å². The summed E-state index contributed by atoms with van der Waals surface area (Å²) in [6.45, 7) is 4.52. The van der Waals surface area contributed by atoms with Crippen molar-refractivity contribution in [3.8, 4) is 17.1 Å². The molecule has 2 aromatic carbocycles. The van der Waals surface area contributed by atoms with Crippen LogP contribution in [0.5, 0.6) is 5.75 Å². The number of halogens is 1. The highest BCUT2D eigenvalue weighted by Gasteiger charge is 2.27. The van der Waals surface area contributed by atoms with Gasteiger partial charge < -0.3 is 14.6 Å². The second-order valence-electron chi connectivity index (χ2n) is 8.13. The molecule has 1 aliphatic heterocycles. The molecule has 4 rings (SSSR count). The number of aromatic nitrogens is 2. The van der Waals surface area contributed by atoms with Gasteiger partial charge in [-0.2, -0.15) is 4.98 Å². The van der Waals surface area contributed by atoms with Gasteiger partial charge in [-0.15, -0.1) is 0 Å². The van der Waals surface area contributed by atoms with Crippen molar-refractivity contribution in [2.75, 3.05) is 19.7 Å². The fourth-order valence-electron chi connectivity index (χ4n) is 3.78. The zero-order chi connectivity index (χ0) is 22.3. The topological polar surface area (TPSA) is 80.5 Å². The fraction of sp³-hybridized carbons (Fsp3) is 0.375. The van der Waals surface area contributed by atoms with Crippen LogP contribution in [0.15, 0.2) is 63.6 Å². The van der Waals surface area contributed by atoms with E-state index in [2.05, 4.69) is 36.3 Å². The maximum atomic E-state index is 12.8. The largest absolute Gasteiger partial charge is 0.491 e. The average Bonchev–Trinajstić information content (AvgIpc) is 3.27. The molecule has 0 saturated carbocycles. The standard InChI is InChI=1S/C24H27BrN4O3/c1-17(16-31-21-7-3-2-4-8-21)26-24(30)19-6-5-13-29(14-19)15-22-27-23(28-32-22)18-9-11-20(25)12-10-18/h2-4,7-12,17,19H,5-6,13-16H2,1H3,(H,26,30). The number of nitrogens with one attached hydrogen (secondary N) is 1. The lowest BCUT2D eigenvalue weighted by molar-refractivity contribution is -0.127. The van der Waals surface area contributed by atoms with Crippen molar-refractivity contribution < 1.29 is 14.1 Å². The Morgan fingerprint density at radius 3 is 2.81 bits per heavy atom. The van der Waals surface area contributed by atoms with E-state index in [-0.39, 0.29) is 17.9 Å². The van der Waals surface area contributed by atoms with Gasteiger partial charge in [-0.3, -0.25) is 9.69 Å². The van der Waals surface area contributed by atoms with Crippen LogP contribution in [-0.2, 0) is 11.3 Å². The molecule has 32 heavy (non-hydrogen) atoms. The van der Waals surface area contributed by atoms with E-state index in [0.717, 1.165) is 35.2 Å². The van der Waals surface area contributed by atoms with E-state index in [4.69, 9.17) is 9.26 Å². The summed E-state index contributed by atoms with van der Waals surface area (Å²) < 4.78 is 12.2. The van der Waals surface area contributed by atoms with Crippen molar-refractivity contribution in [3.63, 3.8) is 0 Å². The minimum atomic E-state index is -0.0671. The van der Waals surface area contributed by atoms with Crippen LogP contribution >= 0.6 is 15.9 Å². The molecule has 0 radical (unpaired) electrons. The Hall–Kier alpha value is -2.71. The molecule has 0 spiro atoms. The molecule has 168 valence electrons. The minimum absolute atomic E-state index is 0.0585. The number of ether oxygens (including phenoxy) is 1. The summed E-state index contributed by atoms with van der Waals surface area (Å²) in [6.07, 6.45) is 1.84. The van der Waals surface area contributed by atoms with Crippen molar-refractivity contribution in [3.05, 3.63) is 65.0 Å². The Morgan fingerprint density at radius 1 is 1.25 bits per heavy atom. The van der Waals surface area contributed by atoms with Crippen LogP contribution in [0.25, 0.3) is 11.4 Å². The van der Waals surface area contributed by atoms with Gasteiger partial charge in [-0.05, 0) is 62.7 Å². The highest BCUT2D eigenvalue weighted by Crippen LogP contribution is 2.22. The van der Waals surface area contributed by atoms with Crippen molar-refractivity contribution >= 4 is 21.8 Å². The van der Waals surface area contributed by atoms with Crippen molar-refractivity contribution in [2.45, 2.75) is 32.4 Å². The maximum Gasteiger partial charge on any atom is 0.241 e. The molecule has 1 amide bonds. The van der Waals surface area contributed by atoms with Gasteiger partial charge in [0.05, 0.1) is 18.5 Å². The van der Waals surface area contributed by atoms with Crippen molar-refractivity contribution in [2.24, 2.45) is 5.92 Å². The van der Waals surface area contributed by atoms with Gasteiger partial charge in [-0.1, -0.05) is 39.3 Å². The predicted octanol–water partition coefficient (Wildman–Crippen LogP) is 4.29. The first-order valence-corrected chi connectivity index (χ1v) is 11.7. The van der Waals surface area contributed by atoms with E-state index in [1.807, 2.05) is 61.5 Å². The van der Waals surface area contributed by atoms with Crippen LogP contribution in [-0.4, -0.2) is 46.7 Å². The zero-order valence-electron chi connectivity index (χ0n) is 18.0. The molecule has 7 nitrogen and oxygen atoms in total. The number of amides is 1. The summed E-state index contributed by atoms with van der Waals surface area (Å²) in [5.74, 6) is 1.95. The lowest BCUT2D eigenvalue weighted by Crippen LogP contribution is -2.46. The number of nitrogens with zero attached hydrogens (tertiary/aromatic N) is 3. The Labute approximate surface area is 196 Å². The van der Waals surface area contributed by atoms with Crippen LogP contribution in [0.2, 0.25) is 0 Å². The molecule has 3 aromatic rings. The van der Waals surface area contributed by atoms with Crippen LogP contribution in [0.3, 0.4) is 0 Å². The maximum absolute atomic E-state index is 12.8. The molecule has 1 aliphatic rings. The first-order valence-electron chi connectivity index (χ1n) is 10.9. The molecule has 8 heteroatoms. The van der Waals surface area contributed by atoms with Gasteiger partial charge >= 0.3 is 0 Å². The molecule has 2 heterocycles. The molecule has 0 aliphatic carbocycles. The number of likely N-dealkylation sites (tertiary alicyclic amines) is 1. The second kappa shape index (κ2) is 10.7. The Balaban J connectivity index is 1.26. The smallest absolute Gasteiger partial charge is 0.241 e. The van der Waals surface area contributed by atoms with Gasteiger partial charge in [0.25, 0.3) is 0 Å². The SMILES string of the molecule is CC(COc1ccccc1)NC(=O)C1CCCN(Cc2nc(-c3ccc(Br)cc3)no2)C1. The van der Waals surface area contributed by atoms with Gasteiger partial charge in [0.1, 0.15) is 12.4 Å². The second-order valence-corrected chi connectivity index (χ2v) is 9.04. The molecule has 2 atom stereocenters. The molecule has 0 bridgehead atoms. The monoisotopic (exact) mass is 498 g/mol. The summed E-state index contributed by atoms with van der Waals surface area (Å²) in [5, 5.41) is 7.19. The van der Waals surface area contributed by atoms with Crippen molar-refractivity contribution in [1.29, 1.82) is 0 Å². The summed E-state index contributed by atoms with van der Waals surface area (Å²) in [4.78, 5) is 19.5. The summed E-state index contributed by atoms with van der Waals surface area (Å²) in [7, 11) is 0. The highest BCUT2D eigenvalue weighted by molar-refractivity contribution is 9.10. The molecule has 1 N–H and O–H groups in total. The quantitative estimate of drug-likeness (QED) is 0.498. The predicted molar refractivity (Wildman–Crippen MR) is 125 cm³/mol. The fourth-order valence-corrected chi connectivity index (χ4v) is 4.04. The normalized spacial score (nSPS) is 17.6. The molecule has 1 aromatic heterocycles. The lowest BCUT2D eigenvalue weighted by Gasteiger charge is -2.31. The zero-order valence-corrected chi connectivity index (χ0v) is 19.6. The first-order chi connectivity index (χ1) is 15.6. The number of rotatable bonds is 8. The number of carbonyl (C=O) groups excluding carboxylic acids is 1. The number of hydrogen-bond acceptors (Lipinski definition) is 6. The number of hydrogen-bond donors (Lipinski definition) is 1. The van der Waals surface area contributed by atoms with E-state index >= 15 is 0 Å². The molecular weight excluding hydrogens is 472 g/mol. The van der Waals surface area contributed by atoms with Crippen LogP contribution in [0.1, 0.15) is 25.7 Å². The Bertz CT molecular complexity index is 1010. The summed E-state index contributed by atoms with van der Waals surface area (Å²) >= 11 is 3.43. The van der Waals surface area contributed by atoms with Gasteiger partial charge in [0.15, 0.2) is 0 Å². The van der Waals surface area contributed by atoms with E-state index < -0.39 is 0 Å².